The topological polar surface area (TPSA) is 120 Å². The van der Waals surface area contributed by atoms with Gasteiger partial charge in [0.2, 0.25) is 5.91 Å². The lowest BCUT2D eigenvalue weighted by Gasteiger charge is -2.06. The summed E-state index contributed by atoms with van der Waals surface area (Å²) < 4.78 is 0. The maximum Gasteiger partial charge on any atom is 0.295 e. The first-order chi connectivity index (χ1) is 11.9. The molecule has 0 unspecified atom stereocenters. The van der Waals surface area contributed by atoms with E-state index in [1.54, 1.807) is 31.2 Å². The molecule has 0 saturated heterocycles. The van der Waals surface area contributed by atoms with Gasteiger partial charge in [-0.3, -0.25) is 20.3 Å². The molecule has 8 heteroatoms. The number of rotatable bonds is 5. The van der Waals surface area contributed by atoms with Crippen molar-refractivity contribution in [1.82, 2.24) is 0 Å². The largest absolute Gasteiger partial charge is 0.326 e. The second-order valence-corrected chi connectivity index (χ2v) is 5.17. The molecule has 0 aliphatic heterocycles. The van der Waals surface area contributed by atoms with Crippen LogP contribution in [0.4, 0.5) is 17.1 Å². The van der Waals surface area contributed by atoms with Gasteiger partial charge in [0.05, 0.1) is 22.3 Å². The molecule has 0 aromatic heterocycles. The molecule has 0 aliphatic carbocycles. The number of nitro benzene ring substituents is 1. The number of anilines is 2. The molecular weight excluding hydrogens is 322 g/mol. The Morgan fingerprint density at radius 3 is 2.44 bits per heavy atom. The van der Waals surface area contributed by atoms with Crippen LogP contribution in [-0.4, -0.2) is 16.5 Å². The molecule has 0 spiro atoms. The third-order valence-electron chi connectivity index (χ3n) is 3.29. The molecule has 0 bridgehead atoms. The zero-order chi connectivity index (χ0) is 18.4. The predicted molar refractivity (Wildman–Crippen MR) is 94.4 cm³/mol. The van der Waals surface area contributed by atoms with Gasteiger partial charge in [-0.05, 0) is 36.8 Å². The van der Waals surface area contributed by atoms with Crippen molar-refractivity contribution in [1.29, 1.82) is 5.26 Å². The molecular formula is C17H15N5O3. The number of hydrogen-bond acceptors (Lipinski definition) is 6. The smallest absolute Gasteiger partial charge is 0.295 e. The molecule has 0 aliphatic rings. The Labute approximate surface area is 143 Å². The summed E-state index contributed by atoms with van der Waals surface area (Å²) in [6, 6.07) is 13.0. The highest BCUT2D eigenvalue weighted by atomic mass is 16.6. The van der Waals surface area contributed by atoms with Gasteiger partial charge in [0.1, 0.15) is 5.69 Å². The number of benzene rings is 2. The van der Waals surface area contributed by atoms with Crippen LogP contribution in [-0.2, 0) is 4.79 Å². The lowest BCUT2D eigenvalue weighted by molar-refractivity contribution is -0.384. The van der Waals surface area contributed by atoms with Crippen molar-refractivity contribution >= 4 is 28.7 Å². The SMILES string of the molecule is CC(=O)Nc1ccc(/C(C)=N/Nc2ccc(C#N)cc2[N+](=O)[O-])cc1. The third-order valence-corrected chi connectivity index (χ3v) is 3.29. The van der Waals surface area contributed by atoms with Gasteiger partial charge in [-0.15, -0.1) is 0 Å². The number of nitrogens with zero attached hydrogens (tertiary/aromatic N) is 3. The Balaban J connectivity index is 2.20. The molecule has 0 fully saturated rings. The third kappa shape index (κ3) is 4.62. The number of nitrogens with one attached hydrogen (secondary N) is 2. The van der Waals surface area contributed by atoms with Crippen LogP contribution in [0.5, 0.6) is 0 Å². The standard InChI is InChI=1S/C17H15N5O3/c1-11(14-4-6-15(7-5-14)19-12(2)23)20-21-16-8-3-13(10-18)9-17(16)22(24)25/h3-9,21H,1-2H3,(H,19,23)/b20-11+. The fourth-order valence-corrected chi connectivity index (χ4v) is 2.05. The molecule has 8 nitrogen and oxygen atoms in total. The molecule has 0 radical (unpaired) electrons. The number of nitro groups is 1. The lowest BCUT2D eigenvalue weighted by Crippen LogP contribution is -2.06. The predicted octanol–water partition coefficient (Wildman–Crippen LogP) is 3.26. The normalized spacial score (nSPS) is 10.7. The molecule has 0 saturated carbocycles. The molecule has 2 N–H and O–H groups in total. The zero-order valence-electron chi connectivity index (χ0n) is 13.6. The summed E-state index contributed by atoms with van der Waals surface area (Å²) in [6.07, 6.45) is 0. The fraction of sp³-hybridized carbons (Fsp3) is 0.118. The van der Waals surface area contributed by atoms with Gasteiger partial charge < -0.3 is 5.32 Å². The maximum atomic E-state index is 11.1. The van der Waals surface area contributed by atoms with E-state index in [0.29, 0.717) is 11.4 Å². The summed E-state index contributed by atoms with van der Waals surface area (Å²) in [4.78, 5) is 21.5. The molecule has 2 aromatic rings. The van der Waals surface area contributed by atoms with E-state index in [9.17, 15) is 14.9 Å². The van der Waals surface area contributed by atoms with Crippen LogP contribution in [0.1, 0.15) is 25.0 Å². The van der Waals surface area contributed by atoms with Crippen LogP contribution in [0.3, 0.4) is 0 Å². The second kappa shape index (κ2) is 7.70. The van der Waals surface area contributed by atoms with Gasteiger partial charge in [0, 0.05) is 18.7 Å². The van der Waals surface area contributed by atoms with Crippen molar-refractivity contribution in [2.24, 2.45) is 5.10 Å². The van der Waals surface area contributed by atoms with E-state index in [1.165, 1.54) is 25.1 Å². The van der Waals surface area contributed by atoms with Gasteiger partial charge in [-0.2, -0.15) is 10.4 Å². The summed E-state index contributed by atoms with van der Waals surface area (Å²) in [7, 11) is 0. The maximum absolute atomic E-state index is 11.1. The van der Waals surface area contributed by atoms with Crippen molar-refractivity contribution in [3.63, 3.8) is 0 Å². The van der Waals surface area contributed by atoms with Gasteiger partial charge >= 0.3 is 0 Å². The van der Waals surface area contributed by atoms with E-state index in [-0.39, 0.29) is 22.8 Å². The van der Waals surface area contributed by atoms with Crippen LogP contribution in [0.25, 0.3) is 0 Å². The Bertz CT molecular complexity index is 882. The minimum absolute atomic E-state index is 0.159. The van der Waals surface area contributed by atoms with Crippen molar-refractivity contribution in [2.75, 3.05) is 10.7 Å². The quantitative estimate of drug-likeness (QED) is 0.493. The summed E-state index contributed by atoms with van der Waals surface area (Å²) >= 11 is 0. The van der Waals surface area contributed by atoms with Crippen LogP contribution < -0.4 is 10.7 Å². The highest BCUT2D eigenvalue weighted by Gasteiger charge is 2.14. The highest BCUT2D eigenvalue weighted by molar-refractivity contribution is 5.99. The molecule has 25 heavy (non-hydrogen) atoms. The minimum atomic E-state index is -0.573. The molecule has 0 heterocycles. The lowest BCUT2D eigenvalue weighted by atomic mass is 10.1. The Morgan fingerprint density at radius 2 is 1.88 bits per heavy atom. The van der Waals surface area contributed by atoms with Gasteiger partial charge in [-0.1, -0.05) is 12.1 Å². The molecule has 1 amide bonds. The monoisotopic (exact) mass is 337 g/mol. The first-order valence-electron chi connectivity index (χ1n) is 7.27. The molecule has 0 atom stereocenters. The van der Waals surface area contributed by atoms with Crippen LogP contribution >= 0.6 is 0 Å². The van der Waals surface area contributed by atoms with Gasteiger partial charge in [-0.25, -0.2) is 0 Å². The Morgan fingerprint density at radius 1 is 1.20 bits per heavy atom. The van der Waals surface area contributed by atoms with Crippen molar-refractivity contribution < 1.29 is 9.72 Å². The molecule has 2 aromatic carbocycles. The van der Waals surface area contributed by atoms with Crippen molar-refractivity contribution in [3.05, 3.63) is 63.7 Å². The number of hydrazone groups is 1. The highest BCUT2D eigenvalue weighted by Crippen LogP contribution is 2.25. The Kier molecular flexibility index (Phi) is 5.43. The summed E-state index contributed by atoms with van der Waals surface area (Å²) in [6.45, 7) is 3.17. The van der Waals surface area contributed by atoms with Crippen LogP contribution in [0.15, 0.2) is 47.6 Å². The summed E-state index contributed by atoms with van der Waals surface area (Å²) in [5, 5.41) is 26.7. The van der Waals surface area contributed by atoms with Crippen LogP contribution in [0, 0.1) is 21.4 Å². The van der Waals surface area contributed by atoms with E-state index in [0.717, 1.165) is 5.56 Å². The van der Waals surface area contributed by atoms with E-state index < -0.39 is 4.92 Å². The number of carbonyl (C=O) groups is 1. The van der Waals surface area contributed by atoms with E-state index >= 15 is 0 Å². The summed E-state index contributed by atoms with van der Waals surface area (Å²) in [5.41, 5.74) is 4.89. The Hall–Kier alpha value is -3.73. The fourth-order valence-electron chi connectivity index (χ4n) is 2.05. The van der Waals surface area contributed by atoms with Crippen molar-refractivity contribution in [3.8, 4) is 6.07 Å². The van der Waals surface area contributed by atoms with E-state index in [1.807, 2.05) is 6.07 Å². The van der Waals surface area contributed by atoms with E-state index in [2.05, 4.69) is 15.8 Å². The summed E-state index contributed by atoms with van der Waals surface area (Å²) in [5.74, 6) is -0.159. The minimum Gasteiger partial charge on any atom is -0.326 e. The first kappa shape index (κ1) is 17.6. The molecule has 126 valence electrons. The number of nitriles is 1. The van der Waals surface area contributed by atoms with Crippen LogP contribution in [0.2, 0.25) is 0 Å². The number of carbonyl (C=O) groups excluding carboxylic acids is 1. The van der Waals surface area contributed by atoms with Crippen molar-refractivity contribution in [2.45, 2.75) is 13.8 Å². The number of hydrogen-bond donors (Lipinski definition) is 2. The second-order valence-electron chi connectivity index (χ2n) is 5.17. The van der Waals surface area contributed by atoms with Gasteiger partial charge in [0.15, 0.2) is 0 Å². The number of amides is 1. The zero-order valence-corrected chi connectivity index (χ0v) is 13.6. The average Bonchev–Trinajstić information content (AvgIpc) is 2.59. The average molecular weight is 337 g/mol. The molecule has 2 rings (SSSR count). The van der Waals surface area contributed by atoms with E-state index in [4.69, 9.17) is 5.26 Å². The van der Waals surface area contributed by atoms with Gasteiger partial charge in [0.25, 0.3) is 5.69 Å². The first-order valence-corrected chi connectivity index (χ1v) is 7.27.